The van der Waals surface area contributed by atoms with Crippen molar-refractivity contribution in [3.8, 4) is 5.75 Å². The maximum Gasteiger partial charge on any atom is 0.313 e. The fourth-order valence-corrected chi connectivity index (χ4v) is 1.71. The summed E-state index contributed by atoms with van der Waals surface area (Å²) in [5.74, 6) is -0.551. The second-order valence-electron chi connectivity index (χ2n) is 3.41. The SMILES string of the molecule is CCOC(=O)CC(=O)COc1cc(Cl)cc(Cl)c1. The maximum atomic E-state index is 11.4. The molecular weight excluding hydrogens is 279 g/mol. The highest BCUT2D eigenvalue weighted by atomic mass is 35.5. The Bertz CT molecular complexity index is 425. The Morgan fingerprint density at radius 1 is 1.17 bits per heavy atom. The Morgan fingerprint density at radius 2 is 1.78 bits per heavy atom. The van der Waals surface area contributed by atoms with Gasteiger partial charge in [-0.1, -0.05) is 23.2 Å². The van der Waals surface area contributed by atoms with Gasteiger partial charge >= 0.3 is 5.97 Å². The van der Waals surface area contributed by atoms with Crippen molar-refractivity contribution in [1.29, 1.82) is 0 Å². The van der Waals surface area contributed by atoms with E-state index in [9.17, 15) is 9.59 Å². The predicted molar refractivity (Wildman–Crippen MR) is 68.2 cm³/mol. The molecule has 0 aromatic heterocycles. The molecule has 4 nitrogen and oxygen atoms in total. The van der Waals surface area contributed by atoms with Crippen LogP contribution in [0.2, 0.25) is 10.0 Å². The molecule has 1 rings (SSSR count). The number of carbonyl (C=O) groups is 2. The van der Waals surface area contributed by atoms with Crippen molar-refractivity contribution < 1.29 is 19.1 Å². The van der Waals surface area contributed by atoms with E-state index in [1.807, 2.05) is 0 Å². The third-order valence-electron chi connectivity index (χ3n) is 1.88. The summed E-state index contributed by atoms with van der Waals surface area (Å²) in [5, 5.41) is 0.825. The standard InChI is InChI=1S/C12H12Cl2O4/c1-2-17-12(16)6-10(15)7-18-11-4-8(13)3-9(14)5-11/h3-5H,2,6-7H2,1H3. The minimum Gasteiger partial charge on any atom is -0.486 e. The van der Waals surface area contributed by atoms with E-state index in [0.717, 1.165) is 0 Å². The number of ether oxygens (including phenoxy) is 2. The van der Waals surface area contributed by atoms with Crippen LogP contribution < -0.4 is 4.74 Å². The van der Waals surface area contributed by atoms with Crippen LogP contribution in [0.4, 0.5) is 0 Å². The van der Waals surface area contributed by atoms with Gasteiger partial charge in [0.15, 0.2) is 5.78 Å². The van der Waals surface area contributed by atoms with Crippen molar-refractivity contribution in [2.24, 2.45) is 0 Å². The van der Waals surface area contributed by atoms with Crippen molar-refractivity contribution in [2.75, 3.05) is 13.2 Å². The fourth-order valence-electron chi connectivity index (χ4n) is 1.20. The number of ketones is 1. The van der Waals surface area contributed by atoms with Crippen molar-refractivity contribution in [3.05, 3.63) is 28.2 Å². The van der Waals surface area contributed by atoms with Crippen molar-refractivity contribution >= 4 is 35.0 Å². The Balaban J connectivity index is 2.45. The molecule has 6 heteroatoms. The van der Waals surface area contributed by atoms with E-state index in [2.05, 4.69) is 4.74 Å². The molecular formula is C12H12Cl2O4. The molecule has 0 unspecified atom stereocenters. The van der Waals surface area contributed by atoms with Crippen LogP contribution in [0.1, 0.15) is 13.3 Å². The smallest absolute Gasteiger partial charge is 0.313 e. The van der Waals surface area contributed by atoms with Gasteiger partial charge in [0.25, 0.3) is 0 Å². The average molecular weight is 291 g/mol. The van der Waals surface area contributed by atoms with Crippen molar-refractivity contribution in [2.45, 2.75) is 13.3 Å². The van der Waals surface area contributed by atoms with Crippen LogP contribution >= 0.6 is 23.2 Å². The number of Topliss-reactive ketones (excluding diaryl/α,β-unsaturated/α-hetero) is 1. The molecule has 1 aromatic carbocycles. The molecule has 0 saturated carbocycles. The Hall–Kier alpha value is -1.26. The Kier molecular flexibility index (Phi) is 5.95. The van der Waals surface area contributed by atoms with Crippen LogP contribution in [0.25, 0.3) is 0 Å². The molecule has 0 heterocycles. The molecule has 0 aliphatic carbocycles. The lowest BCUT2D eigenvalue weighted by Gasteiger charge is -2.06. The normalized spacial score (nSPS) is 9.94. The van der Waals surface area contributed by atoms with Gasteiger partial charge in [0.2, 0.25) is 0 Å². The molecule has 1 aromatic rings. The number of halogens is 2. The van der Waals surface area contributed by atoms with Gasteiger partial charge in [-0.05, 0) is 25.1 Å². The van der Waals surface area contributed by atoms with Crippen LogP contribution in [0.5, 0.6) is 5.75 Å². The lowest BCUT2D eigenvalue weighted by Crippen LogP contribution is -2.17. The van der Waals surface area contributed by atoms with Gasteiger partial charge in [-0.15, -0.1) is 0 Å². The molecule has 0 radical (unpaired) electrons. The molecule has 0 fully saturated rings. The molecule has 0 aliphatic heterocycles. The summed E-state index contributed by atoms with van der Waals surface area (Å²) in [6.45, 7) is 1.69. The molecule has 18 heavy (non-hydrogen) atoms. The van der Waals surface area contributed by atoms with Crippen LogP contribution in [0.15, 0.2) is 18.2 Å². The van der Waals surface area contributed by atoms with Gasteiger partial charge in [0, 0.05) is 10.0 Å². The van der Waals surface area contributed by atoms with Gasteiger partial charge < -0.3 is 9.47 Å². The Labute approximate surface area is 115 Å². The number of rotatable bonds is 6. The van der Waals surface area contributed by atoms with Gasteiger partial charge in [-0.3, -0.25) is 9.59 Å². The number of hydrogen-bond acceptors (Lipinski definition) is 4. The first-order valence-electron chi connectivity index (χ1n) is 5.27. The molecule has 0 saturated heterocycles. The van der Waals surface area contributed by atoms with Gasteiger partial charge in [-0.2, -0.15) is 0 Å². The van der Waals surface area contributed by atoms with Crippen LogP contribution in [0.3, 0.4) is 0 Å². The van der Waals surface area contributed by atoms with E-state index in [0.29, 0.717) is 15.8 Å². The summed E-state index contributed by atoms with van der Waals surface area (Å²) in [6.07, 6.45) is -0.303. The highest BCUT2D eigenvalue weighted by Crippen LogP contribution is 2.24. The average Bonchev–Trinajstić information content (AvgIpc) is 2.25. The zero-order valence-corrected chi connectivity index (χ0v) is 11.3. The van der Waals surface area contributed by atoms with Gasteiger partial charge in [-0.25, -0.2) is 0 Å². The predicted octanol–water partition coefficient (Wildman–Crippen LogP) is 2.89. The zero-order chi connectivity index (χ0) is 13.5. The summed E-state index contributed by atoms with van der Waals surface area (Å²) in [6, 6.07) is 4.62. The van der Waals surface area contributed by atoms with Crippen LogP contribution in [0, 0.1) is 0 Å². The maximum absolute atomic E-state index is 11.4. The van der Waals surface area contributed by atoms with Crippen LogP contribution in [-0.2, 0) is 14.3 Å². The highest BCUT2D eigenvalue weighted by Gasteiger charge is 2.11. The van der Waals surface area contributed by atoms with E-state index < -0.39 is 5.97 Å². The highest BCUT2D eigenvalue weighted by molar-refractivity contribution is 6.34. The largest absolute Gasteiger partial charge is 0.486 e. The number of esters is 1. The van der Waals surface area contributed by atoms with Crippen molar-refractivity contribution in [3.63, 3.8) is 0 Å². The van der Waals surface area contributed by atoms with E-state index in [1.54, 1.807) is 13.0 Å². The third-order valence-corrected chi connectivity index (χ3v) is 2.32. The summed E-state index contributed by atoms with van der Waals surface area (Å²) >= 11 is 11.5. The Morgan fingerprint density at radius 3 is 2.33 bits per heavy atom. The summed E-state index contributed by atoms with van der Waals surface area (Å²) in [4.78, 5) is 22.4. The second-order valence-corrected chi connectivity index (χ2v) is 4.29. The third kappa shape index (κ3) is 5.38. The zero-order valence-electron chi connectivity index (χ0n) is 9.74. The second kappa shape index (κ2) is 7.24. The van der Waals surface area contributed by atoms with Gasteiger partial charge in [0.1, 0.15) is 18.8 Å². The van der Waals surface area contributed by atoms with Crippen LogP contribution in [-0.4, -0.2) is 25.0 Å². The monoisotopic (exact) mass is 290 g/mol. The molecule has 0 bridgehead atoms. The first kappa shape index (κ1) is 14.8. The number of hydrogen-bond donors (Lipinski definition) is 0. The molecule has 0 atom stereocenters. The number of benzene rings is 1. The first-order valence-corrected chi connectivity index (χ1v) is 6.03. The minimum absolute atomic E-state index is 0.227. The summed E-state index contributed by atoms with van der Waals surface area (Å²) in [5.41, 5.74) is 0. The lowest BCUT2D eigenvalue weighted by atomic mass is 10.3. The molecule has 0 spiro atoms. The fraction of sp³-hybridized carbons (Fsp3) is 0.333. The molecule has 0 amide bonds. The molecule has 0 N–H and O–H groups in total. The van der Waals surface area contributed by atoms with E-state index >= 15 is 0 Å². The van der Waals surface area contributed by atoms with Gasteiger partial charge in [0.05, 0.1) is 6.61 Å². The van der Waals surface area contributed by atoms with Crippen molar-refractivity contribution in [1.82, 2.24) is 0 Å². The number of carbonyl (C=O) groups excluding carboxylic acids is 2. The lowest BCUT2D eigenvalue weighted by molar-refractivity contribution is -0.145. The van der Waals surface area contributed by atoms with E-state index in [4.69, 9.17) is 27.9 Å². The minimum atomic E-state index is -0.560. The summed E-state index contributed by atoms with van der Waals surface area (Å²) in [7, 11) is 0. The quantitative estimate of drug-likeness (QED) is 0.597. The van der Waals surface area contributed by atoms with E-state index in [-0.39, 0.29) is 25.4 Å². The first-order chi connectivity index (χ1) is 8.51. The molecule has 0 aliphatic rings. The van der Waals surface area contributed by atoms with E-state index in [1.165, 1.54) is 12.1 Å². The summed E-state index contributed by atoms with van der Waals surface area (Å²) < 4.78 is 9.83. The molecule has 98 valence electrons. The topological polar surface area (TPSA) is 52.6 Å².